The van der Waals surface area contributed by atoms with Crippen LogP contribution in [0.3, 0.4) is 0 Å². The molecule has 0 saturated carbocycles. The van der Waals surface area contributed by atoms with E-state index in [0.717, 1.165) is 23.2 Å². The molecule has 238 valence electrons. The molecule has 1 heterocycles. The van der Waals surface area contributed by atoms with E-state index in [0.29, 0.717) is 30.2 Å². The van der Waals surface area contributed by atoms with E-state index in [1.54, 1.807) is 10.3 Å². The minimum Gasteiger partial charge on any atom is -0.455 e. The van der Waals surface area contributed by atoms with Gasteiger partial charge in [0.1, 0.15) is 10.7 Å². The molecule has 0 fully saturated rings. The van der Waals surface area contributed by atoms with E-state index in [-0.39, 0.29) is 35.5 Å². The number of benzene rings is 2. The van der Waals surface area contributed by atoms with Gasteiger partial charge in [-0.2, -0.15) is 0 Å². The van der Waals surface area contributed by atoms with E-state index in [2.05, 4.69) is 38.0 Å². The number of anilines is 1. The standard InChI is InChI=1S/C35H48N4O4S/c1-9-24(4)19-33(41)39(8)31(23(2)3)21-32(43-25(5)40)35-37-30(22-44-35)34(42)36-29(20-26-13-11-10-12-14-26)27-15-17-28(18-16-27)38(6)7/h10-18,22-24,29,31-32H,9,19-21H2,1-8H3,(H,36,42)/t24-,29?,31+,32+/m0/s1. The molecule has 0 saturated heterocycles. The van der Waals surface area contributed by atoms with Crippen molar-refractivity contribution in [3.8, 4) is 0 Å². The van der Waals surface area contributed by atoms with Crippen molar-refractivity contribution in [2.75, 3.05) is 26.0 Å². The molecule has 0 aliphatic carbocycles. The zero-order chi connectivity index (χ0) is 32.4. The number of nitrogens with zero attached hydrogens (tertiary/aromatic N) is 3. The fourth-order valence-corrected chi connectivity index (χ4v) is 5.99. The average Bonchev–Trinajstić information content (AvgIpc) is 3.49. The van der Waals surface area contributed by atoms with Crippen LogP contribution in [0.5, 0.6) is 0 Å². The van der Waals surface area contributed by atoms with Gasteiger partial charge in [-0.3, -0.25) is 14.4 Å². The van der Waals surface area contributed by atoms with Crippen LogP contribution in [0.25, 0.3) is 0 Å². The molecule has 0 aliphatic rings. The number of ether oxygens (including phenoxy) is 1. The summed E-state index contributed by atoms with van der Waals surface area (Å²) in [5.41, 5.74) is 3.44. The number of carbonyl (C=O) groups excluding carboxylic acids is 3. The SMILES string of the molecule is CC[C@H](C)CC(=O)N(C)[C@H](C[C@@H](OC(C)=O)c1nc(C(=O)NC(Cc2ccccc2)c2ccc(N(C)C)cc2)cs1)C(C)C. The van der Waals surface area contributed by atoms with Gasteiger partial charge in [0, 0.05) is 58.0 Å². The van der Waals surface area contributed by atoms with Gasteiger partial charge in [-0.25, -0.2) is 4.98 Å². The van der Waals surface area contributed by atoms with Gasteiger partial charge in [0.25, 0.3) is 5.91 Å². The highest BCUT2D eigenvalue weighted by atomic mass is 32.1. The highest BCUT2D eigenvalue weighted by Gasteiger charge is 2.31. The number of aromatic nitrogens is 1. The Kier molecular flexibility index (Phi) is 12.9. The molecule has 44 heavy (non-hydrogen) atoms. The fourth-order valence-electron chi connectivity index (χ4n) is 5.15. The minimum absolute atomic E-state index is 0.0712. The first-order valence-corrected chi connectivity index (χ1v) is 16.3. The van der Waals surface area contributed by atoms with Crippen molar-refractivity contribution in [3.05, 3.63) is 81.8 Å². The predicted octanol–water partition coefficient (Wildman–Crippen LogP) is 6.84. The van der Waals surface area contributed by atoms with Crippen LogP contribution in [0.1, 0.15) is 92.6 Å². The number of amides is 2. The number of carbonyl (C=O) groups is 3. The second-order valence-electron chi connectivity index (χ2n) is 12.1. The molecule has 0 spiro atoms. The minimum atomic E-state index is -0.677. The van der Waals surface area contributed by atoms with Gasteiger partial charge in [0.2, 0.25) is 5.91 Å². The average molecular weight is 621 g/mol. The molecule has 2 aromatic carbocycles. The Morgan fingerprint density at radius 3 is 2.20 bits per heavy atom. The van der Waals surface area contributed by atoms with Crippen LogP contribution in [-0.4, -0.2) is 54.9 Å². The number of rotatable bonds is 15. The van der Waals surface area contributed by atoms with Crippen LogP contribution >= 0.6 is 11.3 Å². The Morgan fingerprint density at radius 1 is 0.977 bits per heavy atom. The van der Waals surface area contributed by atoms with Gasteiger partial charge in [-0.05, 0) is 41.5 Å². The van der Waals surface area contributed by atoms with Gasteiger partial charge >= 0.3 is 5.97 Å². The molecule has 0 bridgehead atoms. The Labute approximate surface area is 266 Å². The van der Waals surface area contributed by atoms with Crippen LogP contribution in [-0.2, 0) is 20.7 Å². The van der Waals surface area contributed by atoms with Gasteiger partial charge < -0.3 is 19.9 Å². The summed E-state index contributed by atoms with van der Waals surface area (Å²) >= 11 is 1.29. The highest BCUT2D eigenvalue weighted by molar-refractivity contribution is 7.09. The first kappa shape index (κ1) is 34.8. The van der Waals surface area contributed by atoms with Crippen molar-refractivity contribution in [1.29, 1.82) is 0 Å². The Balaban J connectivity index is 1.83. The molecule has 9 heteroatoms. The quantitative estimate of drug-likeness (QED) is 0.187. The van der Waals surface area contributed by atoms with E-state index < -0.39 is 12.1 Å². The Bertz CT molecular complexity index is 1360. The summed E-state index contributed by atoms with van der Waals surface area (Å²) in [5.74, 6) is -0.246. The monoisotopic (exact) mass is 620 g/mol. The fraction of sp³-hybridized carbons (Fsp3) is 0.486. The molecule has 1 N–H and O–H groups in total. The second kappa shape index (κ2) is 16.4. The van der Waals surface area contributed by atoms with Crippen molar-refractivity contribution in [2.45, 2.75) is 78.5 Å². The van der Waals surface area contributed by atoms with Gasteiger partial charge in [0.15, 0.2) is 6.10 Å². The smallest absolute Gasteiger partial charge is 0.303 e. The van der Waals surface area contributed by atoms with Gasteiger partial charge in [0.05, 0.1) is 6.04 Å². The topological polar surface area (TPSA) is 91.8 Å². The maximum absolute atomic E-state index is 13.6. The molecule has 1 unspecified atom stereocenters. The summed E-state index contributed by atoms with van der Waals surface area (Å²) in [6, 6.07) is 17.8. The van der Waals surface area contributed by atoms with Crippen molar-refractivity contribution in [1.82, 2.24) is 15.2 Å². The van der Waals surface area contributed by atoms with Crippen LogP contribution in [0.4, 0.5) is 5.69 Å². The van der Waals surface area contributed by atoms with Crippen LogP contribution in [0.2, 0.25) is 0 Å². The number of nitrogens with one attached hydrogen (secondary N) is 1. The summed E-state index contributed by atoms with van der Waals surface area (Å²) in [5, 5.41) is 5.43. The Hall–Kier alpha value is -3.72. The third-order valence-electron chi connectivity index (χ3n) is 8.07. The third-order valence-corrected chi connectivity index (χ3v) is 9.01. The zero-order valence-electron chi connectivity index (χ0n) is 27.4. The molecule has 8 nitrogen and oxygen atoms in total. The highest BCUT2D eigenvalue weighted by Crippen LogP contribution is 2.31. The number of esters is 1. The maximum atomic E-state index is 13.6. The van der Waals surface area contributed by atoms with Gasteiger partial charge in [-0.15, -0.1) is 11.3 Å². The molecule has 4 atom stereocenters. The van der Waals surface area contributed by atoms with Crippen LogP contribution in [0.15, 0.2) is 60.0 Å². The van der Waals surface area contributed by atoms with Gasteiger partial charge in [-0.1, -0.05) is 76.6 Å². The van der Waals surface area contributed by atoms with E-state index >= 15 is 0 Å². The Morgan fingerprint density at radius 2 is 1.64 bits per heavy atom. The zero-order valence-corrected chi connectivity index (χ0v) is 28.2. The molecule has 2 amide bonds. The van der Waals surface area contributed by atoms with Crippen molar-refractivity contribution in [2.24, 2.45) is 11.8 Å². The van der Waals surface area contributed by atoms with E-state index in [1.165, 1.54) is 18.3 Å². The number of hydrogen-bond acceptors (Lipinski definition) is 7. The summed E-state index contributed by atoms with van der Waals surface area (Å²) in [7, 11) is 5.81. The lowest BCUT2D eigenvalue weighted by Crippen LogP contribution is -2.42. The van der Waals surface area contributed by atoms with E-state index in [4.69, 9.17) is 4.74 Å². The predicted molar refractivity (Wildman–Crippen MR) is 178 cm³/mol. The third kappa shape index (κ3) is 9.91. The van der Waals surface area contributed by atoms with Crippen LogP contribution < -0.4 is 10.2 Å². The molecule has 0 radical (unpaired) electrons. The summed E-state index contributed by atoms with van der Waals surface area (Å²) in [4.78, 5) is 47.2. The molecular weight excluding hydrogens is 572 g/mol. The normalized spacial score (nSPS) is 13.9. The molecule has 1 aromatic heterocycles. The largest absolute Gasteiger partial charge is 0.455 e. The summed E-state index contributed by atoms with van der Waals surface area (Å²) in [6.07, 6.45) is 1.73. The molecule has 0 aliphatic heterocycles. The maximum Gasteiger partial charge on any atom is 0.303 e. The van der Waals surface area contributed by atoms with E-state index in [9.17, 15) is 14.4 Å². The lowest BCUT2D eigenvalue weighted by Gasteiger charge is -2.34. The van der Waals surface area contributed by atoms with Crippen molar-refractivity contribution < 1.29 is 19.1 Å². The first-order valence-electron chi connectivity index (χ1n) is 15.4. The molecular formula is C35H48N4O4S. The van der Waals surface area contributed by atoms with Crippen molar-refractivity contribution in [3.63, 3.8) is 0 Å². The summed E-state index contributed by atoms with van der Waals surface area (Å²) < 4.78 is 5.74. The first-order chi connectivity index (χ1) is 20.9. The van der Waals surface area contributed by atoms with Crippen LogP contribution in [0, 0.1) is 11.8 Å². The number of hydrogen-bond donors (Lipinski definition) is 1. The second-order valence-corrected chi connectivity index (χ2v) is 13.0. The molecule has 3 aromatic rings. The van der Waals surface area contributed by atoms with E-state index in [1.807, 2.05) is 80.6 Å². The summed E-state index contributed by atoms with van der Waals surface area (Å²) in [6.45, 7) is 9.63. The lowest BCUT2D eigenvalue weighted by atomic mass is 9.95. The lowest BCUT2D eigenvalue weighted by molar-refractivity contribution is -0.148. The number of thiazole rings is 1. The molecule has 3 rings (SSSR count). The van der Waals surface area contributed by atoms with Crippen molar-refractivity contribution >= 4 is 34.8 Å².